The van der Waals surface area contributed by atoms with Gasteiger partial charge in [-0.05, 0) is 35.9 Å². The zero-order valence-electron chi connectivity index (χ0n) is 12.6. The molecule has 2 aromatic carbocycles. The molecular formula is C17H10F2N4O2. The number of aromatic nitrogens is 3. The van der Waals surface area contributed by atoms with Crippen LogP contribution in [0.1, 0.15) is 5.56 Å². The first-order chi connectivity index (χ1) is 12.0. The average Bonchev–Trinajstić information content (AvgIpc) is 2.94. The van der Waals surface area contributed by atoms with E-state index in [-0.39, 0.29) is 11.0 Å². The molecule has 2 heterocycles. The summed E-state index contributed by atoms with van der Waals surface area (Å²) in [6, 6.07) is 9.36. The monoisotopic (exact) mass is 340 g/mol. The Labute approximate surface area is 138 Å². The van der Waals surface area contributed by atoms with Crippen molar-refractivity contribution in [3.05, 3.63) is 80.5 Å². The van der Waals surface area contributed by atoms with Crippen molar-refractivity contribution in [1.82, 2.24) is 14.6 Å². The van der Waals surface area contributed by atoms with Crippen LogP contribution in [0.15, 0.2) is 57.2 Å². The summed E-state index contributed by atoms with van der Waals surface area (Å²) in [6.45, 7) is 0. The van der Waals surface area contributed by atoms with Crippen LogP contribution in [0, 0.1) is 11.6 Å². The zero-order valence-corrected chi connectivity index (χ0v) is 12.6. The molecule has 2 aromatic heterocycles. The molecule has 0 unspecified atom stereocenters. The number of fused-ring (bicyclic) bond motifs is 3. The van der Waals surface area contributed by atoms with Crippen molar-refractivity contribution >= 4 is 28.2 Å². The molecule has 0 amide bonds. The van der Waals surface area contributed by atoms with E-state index >= 15 is 0 Å². The Balaban J connectivity index is 1.90. The van der Waals surface area contributed by atoms with Crippen molar-refractivity contribution in [3.8, 4) is 0 Å². The molecular weight excluding hydrogens is 330 g/mol. The molecule has 0 bridgehead atoms. The summed E-state index contributed by atoms with van der Waals surface area (Å²) in [7, 11) is 0. The molecule has 25 heavy (non-hydrogen) atoms. The van der Waals surface area contributed by atoms with Crippen LogP contribution in [-0.4, -0.2) is 20.9 Å². The van der Waals surface area contributed by atoms with Crippen LogP contribution >= 0.6 is 0 Å². The van der Waals surface area contributed by atoms with E-state index in [1.165, 1.54) is 48.7 Å². The van der Waals surface area contributed by atoms with E-state index in [1.54, 1.807) is 0 Å². The lowest BCUT2D eigenvalue weighted by atomic mass is 10.2. The lowest BCUT2D eigenvalue weighted by Crippen LogP contribution is -2.32. The molecule has 0 spiro atoms. The van der Waals surface area contributed by atoms with Crippen molar-refractivity contribution in [1.29, 1.82) is 0 Å². The van der Waals surface area contributed by atoms with Crippen molar-refractivity contribution in [2.24, 2.45) is 5.10 Å². The number of nitrogens with one attached hydrogen (secondary N) is 2. The van der Waals surface area contributed by atoms with E-state index in [0.717, 1.165) is 0 Å². The number of benzene rings is 2. The topological polar surface area (TPSA) is 83.0 Å². The van der Waals surface area contributed by atoms with Gasteiger partial charge < -0.3 is 9.97 Å². The van der Waals surface area contributed by atoms with Gasteiger partial charge in [0.25, 0.3) is 0 Å². The van der Waals surface area contributed by atoms with E-state index < -0.39 is 22.9 Å². The lowest BCUT2D eigenvalue weighted by molar-refractivity contribution is 0.627. The van der Waals surface area contributed by atoms with Crippen LogP contribution in [0.3, 0.4) is 0 Å². The Morgan fingerprint density at radius 2 is 1.64 bits per heavy atom. The first-order valence-corrected chi connectivity index (χ1v) is 7.29. The molecule has 8 heteroatoms. The van der Waals surface area contributed by atoms with Crippen molar-refractivity contribution in [3.63, 3.8) is 0 Å². The molecule has 2 N–H and O–H groups in total. The fourth-order valence-electron chi connectivity index (χ4n) is 2.59. The first-order valence-electron chi connectivity index (χ1n) is 7.29. The number of nitrogens with zero attached hydrogens (tertiary/aromatic N) is 2. The Kier molecular flexibility index (Phi) is 3.31. The van der Waals surface area contributed by atoms with Crippen molar-refractivity contribution < 1.29 is 8.78 Å². The highest BCUT2D eigenvalue weighted by Gasteiger charge is 2.13. The highest BCUT2D eigenvalue weighted by atomic mass is 19.1. The van der Waals surface area contributed by atoms with Gasteiger partial charge in [-0.2, -0.15) is 5.10 Å². The molecule has 4 rings (SSSR count). The summed E-state index contributed by atoms with van der Waals surface area (Å²) in [5.74, 6) is -0.883. The van der Waals surface area contributed by atoms with Gasteiger partial charge in [0.05, 0.1) is 11.7 Å². The molecule has 0 aliphatic rings. The van der Waals surface area contributed by atoms with E-state index in [0.29, 0.717) is 21.1 Å². The van der Waals surface area contributed by atoms with Gasteiger partial charge in [-0.15, -0.1) is 4.68 Å². The summed E-state index contributed by atoms with van der Waals surface area (Å²) < 4.78 is 27.0. The Bertz CT molecular complexity index is 1250. The van der Waals surface area contributed by atoms with Crippen LogP contribution in [-0.2, 0) is 0 Å². The molecule has 6 nitrogen and oxygen atoms in total. The number of H-pyrrole nitrogens is 2. The minimum atomic E-state index is -0.763. The van der Waals surface area contributed by atoms with E-state index in [4.69, 9.17) is 0 Å². The van der Waals surface area contributed by atoms with Crippen molar-refractivity contribution in [2.75, 3.05) is 0 Å². The van der Waals surface area contributed by atoms with Gasteiger partial charge in [-0.3, -0.25) is 4.79 Å². The highest BCUT2D eigenvalue weighted by Crippen LogP contribution is 2.21. The van der Waals surface area contributed by atoms with Crippen LogP contribution in [0.5, 0.6) is 0 Å². The van der Waals surface area contributed by atoms with Gasteiger partial charge in [0.1, 0.15) is 17.2 Å². The third kappa shape index (κ3) is 2.53. The second-order valence-electron chi connectivity index (χ2n) is 5.41. The molecule has 0 aliphatic carbocycles. The minimum absolute atomic E-state index is 0.108. The first kappa shape index (κ1) is 15.0. The van der Waals surface area contributed by atoms with Crippen LogP contribution < -0.4 is 11.2 Å². The van der Waals surface area contributed by atoms with Gasteiger partial charge in [-0.25, -0.2) is 13.6 Å². The third-order valence-electron chi connectivity index (χ3n) is 3.78. The molecule has 0 aliphatic heterocycles. The van der Waals surface area contributed by atoms with Gasteiger partial charge >= 0.3 is 11.2 Å². The second-order valence-corrected chi connectivity index (χ2v) is 5.41. The Morgan fingerprint density at radius 1 is 0.920 bits per heavy atom. The van der Waals surface area contributed by atoms with Crippen molar-refractivity contribution in [2.45, 2.75) is 0 Å². The smallest absolute Gasteiger partial charge is 0.349 e. The average molecular weight is 340 g/mol. The van der Waals surface area contributed by atoms with E-state index in [2.05, 4.69) is 15.1 Å². The molecule has 0 radical (unpaired) electrons. The fourth-order valence-corrected chi connectivity index (χ4v) is 2.59. The maximum Gasteiger partial charge on any atom is 0.350 e. The number of hydrogen-bond donors (Lipinski definition) is 2. The number of halogens is 2. The molecule has 0 atom stereocenters. The van der Waals surface area contributed by atoms with E-state index in [1.807, 2.05) is 0 Å². The molecule has 0 saturated heterocycles. The summed E-state index contributed by atoms with van der Waals surface area (Å²) in [5, 5.41) is 4.26. The molecule has 0 fully saturated rings. The quantitative estimate of drug-likeness (QED) is 0.549. The van der Waals surface area contributed by atoms with Gasteiger partial charge in [0, 0.05) is 10.9 Å². The molecule has 0 saturated carbocycles. The third-order valence-corrected chi connectivity index (χ3v) is 3.78. The SMILES string of the molecule is O=c1[nH]c2c([nH]c3ccc(F)cc32)c(=O)n1N=Cc1ccc(F)cc1. The number of rotatable bonds is 2. The lowest BCUT2D eigenvalue weighted by Gasteiger charge is -1.98. The standard InChI is InChI=1S/C17H10F2N4O2/c18-10-3-1-9(2-4-10)8-20-23-16(24)15-14(22-17(23)25)12-7-11(19)5-6-13(12)21-15/h1-8,21H,(H,22,25). The van der Waals surface area contributed by atoms with Crippen LogP contribution in [0.2, 0.25) is 0 Å². The van der Waals surface area contributed by atoms with Gasteiger partial charge in [0.2, 0.25) is 0 Å². The maximum atomic E-state index is 13.4. The summed E-state index contributed by atoms with van der Waals surface area (Å²) >= 11 is 0. The summed E-state index contributed by atoms with van der Waals surface area (Å²) in [6.07, 6.45) is 1.27. The number of aromatic amines is 2. The molecule has 4 aromatic rings. The second kappa shape index (κ2) is 5.52. The zero-order chi connectivity index (χ0) is 17.6. The predicted octanol–water partition coefficient (Wildman–Crippen LogP) is 2.33. The minimum Gasteiger partial charge on any atom is -0.349 e. The normalized spacial score (nSPS) is 11.8. The molecule has 124 valence electrons. The van der Waals surface area contributed by atoms with E-state index in [9.17, 15) is 18.4 Å². The summed E-state index contributed by atoms with van der Waals surface area (Å²) in [5.41, 5.74) is -0.0696. The Hall–Kier alpha value is -3.55. The van der Waals surface area contributed by atoms with Gasteiger partial charge in [0.15, 0.2) is 0 Å². The Morgan fingerprint density at radius 3 is 2.40 bits per heavy atom. The fraction of sp³-hybridized carbons (Fsp3) is 0. The largest absolute Gasteiger partial charge is 0.350 e. The van der Waals surface area contributed by atoms with Gasteiger partial charge in [-0.1, -0.05) is 12.1 Å². The highest BCUT2D eigenvalue weighted by molar-refractivity contribution is 6.04. The van der Waals surface area contributed by atoms with Crippen LogP contribution in [0.25, 0.3) is 21.9 Å². The maximum absolute atomic E-state index is 13.4. The predicted molar refractivity (Wildman–Crippen MR) is 90.0 cm³/mol. The van der Waals surface area contributed by atoms with Crippen LogP contribution in [0.4, 0.5) is 8.78 Å². The number of hydrogen-bond acceptors (Lipinski definition) is 3. The summed E-state index contributed by atoms with van der Waals surface area (Å²) in [4.78, 5) is 30.1.